The second-order valence-electron chi connectivity index (χ2n) is 5.80. The summed E-state index contributed by atoms with van der Waals surface area (Å²) in [6, 6.07) is 5.01. The summed E-state index contributed by atoms with van der Waals surface area (Å²) in [6.45, 7) is 6.43. The molecule has 3 nitrogen and oxygen atoms in total. The maximum atomic E-state index is 12.7. The number of nitrogens with zero attached hydrogens (tertiary/aromatic N) is 1. The van der Waals surface area contributed by atoms with Crippen LogP contribution in [0, 0.1) is 0 Å². The molecule has 0 aliphatic carbocycles. The zero-order valence-corrected chi connectivity index (χ0v) is 12.1. The lowest BCUT2D eigenvalue weighted by atomic mass is 10.1. The van der Waals surface area contributed by atoms with Gasteiger partial charge >= 0.3 is 6.18 Å². The third-order valence-corrected chi connectivity index (χ3v) is 2.80. The number of benzene rings is 1. The van der Waals surface area contributed by atoms with E-state index in [1.807, 2.05) is 20.8 Å². The number of oxazole rings is 1. The van der Waals surface area contributed by atoms with Crippen LogP contribution in [0.1, 0.15) is 32.2 Å². The van der Waals surface area contributed by atoms with Crippen molar-refractivity contribution in [3.63, 3.8) is 0 Å². The number of aromatic nitrogens is 1. The van der Waals surface area contributed by atoms with Gasteiger partial charge in [0.1, 0.15) is 0 Å². The predicted molar refractivity (Wildman–Crippen MR) is 73.5 cm³/mol. The Bertz CT molecular complexity index is 612. The lowest BCUT2D eigenvalue weighted by molar-refractivity contribution is -0.137. The first-order valence-electron chi connectivity index (χ1n) is 6.52. The van der Waals surface area contributed by atoms with Gasteiger partial charge in [-0.25, -0.2) is 4.98 Å². The molecule has 21 heavy (non-hydrogen) atoms. The summed E-state index contributed by atoms with van der Waals surface area (Å²) in [7, 11) is 0. The van der Waals surface area contributed by atoms with Gasteiger partial charge in [0, 0.05) is 11.1 Å². The highest BCUT2D eigenvalue weighted by molar-refractivity contribution is 5.57. The molecule has 0 fully saturated rings. The molecule has 0 spiro atoms. The first-order valence-corrected chi connectivity index (χ1v) is 6.52. The number of hydrogen-bond acceptors (Lipinski definition) is 3. The van der Waals surface area contributed by atoms with E-state index in [1.54, 1.807) is 6.07 Å². The van der Waals surface area contributed by atoms with E-state index in [0.29, 0.717) is 23.8 Å². The molecule has 1 aromatic carbocycles. The topological polar surface area (TPSA) is 38.1 Å². The van der Waals surface area contributed by atoms with Crippen LogP contribution in [-0.2, 0) is 12.7 Å². The van der Waals surface area contributed by atoms with Gasteiger partial charge < -0.3 is 9.73 Å². The molecule has 0 saturated carbocycles. The van der Waals surface area contributed by atoms with Crippen LogP contribution in [-0.4, -0.2) is 10.5 Å². The molecule has 2 aromatic rings. The monoisotopic (exact) mass is 298 g/mol. The third-order valence-electron chi connectivity index (χ3n) is 2.80. The van der Waals surface area contributed by atoms with Gasteiger partial charge in [-0.1, -0.05) is 12.1 Å². The quantitative estimate of drug-likeness (QED) is 0.920. The lowest BCUT2D eigenvalue weighted by Gasteiger charge is -2.18. The Kier molecular flexibility index (Phi) is 4.09. The fourth-order valence-electron chi connectivity index (χ4n) is 1.72. The van der Waals surface area contributed by atoms with E-state index >= 15 is 0 Å². The summed E-state index contributed by atoms with van der Waals surface area (Å²) in [5.41, 5.74) is -0.435. The lowest BCUT2D eigenvalue weighted by Crippen LogP contribution is -2.35. The Morgan fingerprint density at radius 1 is 1.19 bits per heavy atom. The summed E-state index contributed by atoms with van der Waals surface area (Å²) in [4.78, 5) is 4.08. The van der Waals surface area contributed by atoms with Crippen LogP contribution in [0.3, 0.4) is 0 Å². The molecule has 1 heterocycles. The highest BCUT2D eigenvalue weighted by Gasteiger charge is 2.30. The summed E-state index contributed by atoms with van der Waals surface area (Å²) in [5, 5.41) is 3.20. The molecular weight excluding hydrogens is 281 g/mol. The van der Waals surface area contributed by atoms with Crippen molar-refractivity contribution in [3.05, 3.63) is 41.9 Å². The van der Waals surface area contributed by atoms with E-state index in [0.717, 1.165) is 12.1 Å². The first-order chi connectivity index (χ1) is 9.65. The molecule has 0 aliphatic rings. The zero-order chi connectivity index (χ0) is 15.7. The van der Waals surface area contributed by atoms with Crippen LogP contribution < -0.4 is 5.32 Å². The average molecular weight is 298 g/mol. The number of hydrogen-bond donors (Lipinski definition) is 1. The Labute approximate surface area is 121 Å². The van der Waals surface area contributed by atoms with Gasteiger partial charge in [-0.05, 0) is 32.9 Å². The van der Waals surface area contributed by atoms with Crippen molar-refractivity contribution in [2.45, 2.75) is 39.0 Å². The zero-order valence-electron chi connectivity index (χ0n) is 12.1. The van der Waals surface area contributed by atoms with E-state index in [-0.39, 0.29) is 5.54 Å². The van der Waals surface area contributed by atoms with E-state index in [9.17, 15) is 13.2 Å². The molecular formula is C15H17F3N2O. The maximum Gasteiger partial charge on any atom is 0.416 e. The van der Waals surface area contributed by atoms with Gasteiger partial charge in [-0.3, -0.25) is 0 Å². The molecule has 0 radical (unpaired) electrons. The van der Waals surface area contributed by atoms with Gasteiger partial charge in [0.15, 0.2) is 5.76 Å². The second-order valence-corrected chi connectivity index (χ2v) is 5.80. The summed E-state index contributed by atoms with van der Waals surface area (Å²) >= 11 is 0. The van der Waals surface area contributed by atoms with Crippen LogP contribution >= 0.6 is 0 Å². The Morgan fingerprint density at radius 2 is 1.90 bits per heavy atom. The minimum atomic E-state index is -4.37. The third kappa shape index (κ3) is 4.32. The van der Waals surface area contributed by atoms with E-state index in [4.69, 9.17) is 4.42 Å². The number of halogens is 3. The maximum absolute atomic E-state index is 12.7. The fraction of sp³-hybridized carbons (Fsp3) is 0.400. The molecule has 1 aromatic heterocycles. The van der Waals surface area contributed by atoms with Gasteiger partial charge in [0.2, 0.25) is 5.89 Å². The highest BCUT2D eigenvalue weighted by Crippen LogP contribution is 2.32. The molecule has 0 unspecified atom stereocenters. The molecule has 6 heteroatoms. The van der Waals surface area contributed by atoms with Crippen molar-refractivity contribution < 1.29 is 17.6 Å². The molecule has 0 amide bonds. The number of nitrogens with one attached hydrogen (secondary N) is 1. The van der Waals surface area contributed by atoms with Crippen molar-refractivity contribution in [3.8, 4) is 11.3 Å². The predicted octanol–water partition coefficient (Wildman–Crippen LogP) is 4.25. The van der Waals surface area contributed by atoms with Crippen LogP contribution in [0.5, 0.6) is 0 Å². The van der Waals surface area contributed by atoms with E-state index in [1.165, 1.54) is 12.3 Å². The van der Waals surface area contributed by atoms with Crippen LogP contribution in [0.15, 0.2) is 34.9 Å². The molecule has 1 N–H and O–H groups in total. The first kappa shape index (κ1) is 15.6. The van der Waals surface area contributed by atoms with E-state index in [2.05, 4.69) is 10.3 Å². The van der Waals surface area contributed by atoms with Gasteiger partial charge in [0.05, 0.1) is 18.3 Å². The van der Waals surface area contributed by atoms with Gasteiger partial charge in [-0.15, -0.1) is 0 Å². The number of alkyl halides is 3. The van der Waals surface area contributed by atoms with Crippen molar-refractivity contribution in [1.29, 1.82) is 0 Å². The van der Waals surface area contributed by atoms with Gasteiger partial charge in [-0.2, -0.15) is 13.2 Å². The minimum Gasteiger partial charge on any atom is -0.439 e. The average Bonchev–Trinajstić information content (AvgIpc) is 2.83. The van der Waals surface area contributed by atoms with Crippen molar-refractivity contribution >= 4 is 0 Å². The number of rotatable bonds is 3. The van der Waals surface area contributed by atoms with Crippen LogP contribution in [0.4, 0.5) is 13.2 Å². The van der Waals surface area contributed by atoms with Crippen LogP contribution in [0.25, 0.3) is 11.3 Å². The molecule has 0 aliphatic heterocycles. The Morgan fingerprint density at radius 3 is 2.52 bits per heavy atom. The normalized spacial score (nSPS) is 12.7. The largest absolute Gasteiger partial charge is 0.439 e. The molecule has 0 atom stereocenters. The SMILES string of the molecule is CC(C)(C)NCc1ncc(-c2cccc(C(F)(F)F)c2)o1. The highest BCUT2D eigenvalue weighted by atomic mass is 19.4. The van der Waals surface area contributed by atoms with E-state index < -0.39 is 11.7 Å². The van der Waals surface area contributed by atoms with Crippen LogP contribution in [0.2, 0.25) is 0 Å². The smallest absolute Gasteiger partial charge is 0.416 e. The van der Waals surface area contributed by atoms with Crippen molar-refractivity contribution in [1.82, 2.24) is 10.3 Å². The fourth-order valence-corrected chi connectivity index (χ4v) is 1.72. The minimum absolute atomic E-state index is 0.0924. The second kappa shape index (κ2) is 5.52. The molecule has 114 valence electrons. The summed E-state index contributed by atoms with van der Waals surface area (Å²) in [6.07, 6.45) is -2.93. The van der Waals surface area contributed by atoms with Crippen molar-refractivity contribution in [2.24, 2.45) is 0 Å². The standard InChI is InChI=1S/C15H17F3N2O/c1-14(2,3)20-9-13-19-8-12(21-13)10-5-4-6-11(7-10)15(16,17)18/h4-8,20H,9H2,1-3H3. The molecule has 0 bridgehead atoms. The Balaban J connectivity index is 2.18. The Hall–Kier alpha value is -1.82. The van der Waals surface area contributed by atoms with Gasteiger partial charge in [0.25, 0.3) is 0 Å². The molecule has 2 rings (SSSR count). The summed E-state index contributed by atoms with van der Waals surface area (Å²) < 4.78 is 43.5. The van der Waals surface area contributed by atoms with Crippen molar-refractivity contribution in [2.75, 3.05) is 0 Å². The summed E-state index contributed by atoms with van der Waals surface area (Å²) in [5.74, 6) is 0.768. The molecule has 0 saturated heterocycles.